The minimum Gasteiger partial charge on any atom is -0.395 e. The van der Waals surface area contributed by atoms with E-state index in [0.29, 0.717) is 22.7 Å². The van der Waals surface area contributed by atoms with Gasteiger partial charge in [-0.3, -0.25) is 9.78 Å². The van der Waals surface area contributed by atoms with E-state index in [-0.39, 0.29) is 12.3 Å². The molecule has 1 heterocycles. The van der Waals surface area contributed by atoms with Crippen LogP contribution in [0.1, 0.15) is 22.5 Å². The van der Waals surface area contributed by atoms with E-state index in [1.54, 1.807) is 18.2 Å². The molecule has 2 N–H and O–H groups in total. The first-order valence-corrected chi connectivity index (χ1v) is 6.55. The van der Waals surface area contributed by atoms with E-state index >= 15 is 0 Å². The predicted molar refractivity (Wildman–Crippen MR) is 80.0 cm³/mol. The Morgan fingerprint density at radius 3 is 2.95 bits per heavy atom. The first kappa shape index (κ1) is 15.0. The summed E-state index contributed by atoms with van der Waals surface area (Å²) in [7, 11) is 0. The van der Waals surface area contributed by atoms with E-state index in [0.717, 1.165) is 0 Å². The van der Waals surface area contributed by atoms with Crippen LogP contribution in [0.5, 0.6) is 0 Å². The second-order valence-corrected chi connectivity index (χ2v) is 4.45. The van der Waals surface area contributed by atoms with Gasteiger partial charge in [0.25, 0.3) is 5.91 Å². The quantitative estimate of drug-likeness (QED) is 0.852. The van der Waals surface area contributed by atoms with Crippen LogP contribution >= 0.6 is 11.6 Å². The lowest BCUT2D eigenvalue weighted by molar-refractivity contribution is 0.102. The van der Waals surface area contributed by atoms with Gasteiger partial charge in [0.05, 0.1) is 18.5 Å². The summed E-state index contributed by atoms with van der Waals surface area (Å²) in [4.78, 5) is 19.8. The molecule has 0 atom stereocenters. The Kier molecular flexibility index (Phi) is 5.27. The summed E-state index contributed by atoms with van der Waals surface area (Å²) in [6, 6.07) is 5.00. The van der Waals surface area contributed by atoms with Crippen LogP contribution in [-0.2, 0) is 0 Å². The van der Waals surface area contributed by atoms with Gasteiger partial charge in [-0.25, -0.2) is 4.98 Å². The number of halogens is 1. The molecule has 0 fully saturated rings. The number of anilines is 1. The molecule has 6 heteroatoms. The minimum atomic E-state index is -0.393. The largest absolute Gasteiger partial charge is 0.395 e. The fraction of sp³-hybridized carbons (Fsp3) is 0.133. The fourth-order valence-corrected chi connectivity index (χ4v) is 1.72. The summed E-state index contributed by atoms with van der Waals surface area (Å²) < 4.78 is 0. The molecule has 106 valence electrons. The molecule has 2 rings (SSSR count). The highest BCUT2D eigenvalue weighted by Gasteiger charge is 2.10. The average molecular weight is 302 g/mol. The summed E-state index contributed by atoms with van der Waals surface area (Å²) in [6.45, 7) is -0.0120. The van der Waals surface area contributed by atoms with Crippen LogP contribution in [0.4, 0.5) is 5.69 Å². The SMILES string of the molecule is O=C(Nc1cc(Cl)ccc1C#CCCO)c1cnccn1. The van der Waals surface area contributed by atoms with Gasteiger partial charge in [-0.05, 0) is 18.2 Å². The van der Waals surface area contributed by atoms with Crippen molar-refractivity contribution in [2.45, 2.75) is 6.42 Å². The Bertz CT molecular complexity index is 693. The summed E-state index contributed by atoms with van der Waals surface area (Å²) in [5, 5.41) is 11.9. The highest BCUT2D eigenvalue weighted by atomic mass is 35.5. The lowest BCUT2D eigenvalue weighted by Crippen LogP contribution is -2.14. The maximum Gasteiger partial charge on any atom is 0.275 e. The van der Waals surface area contributed by atoms with Gasteiger partial charge in [0.15, 0.2) is 0 Å². The van der Waals surface area contributed by atoms with Gasteiger partial charge in [0.2, 0.25) is 0 Å². The molecule has 0 saturated carbocycles. The van der Waals surface area contributed by atoms with Crippen molar-refractivity contribution in [3.8, 4) is 11.8 Å². The molecule has 1 aromatic heterocycles. The van der Waals surface area contributed by atoms with Crippen molar-refractivity contribution < 1.29 is 9.90 Å². The normalized spacial score (nSPS) is 9.62. The molecule has 0 bridgehead atoms. The molecule has 0 spiro atoms. The summed E-state index contributed by atoms with van der Waals surface area (Å²) in [6.07, 6.45) is 4.66. The molecule has 0 aliphatic carbocycles. The Morgan fingerprint density at radius 2 is 2.24 bits per heavy atom. The van der Waals surface area contributed by atoms with E-state index in [2.05, 4.69) is 27.1 Å². The maximum absolute atomic E-state index is 12.1. The Hall–Kier alpha value is -2.42. The van der Waals surface area contributed by atoms with Gasteiger partial charge in [-0.1, -0.05) is 23.4 Å². The van der Waals surface area contributed by atoms with Gasteiger partial charge >= 0.3 is 0 Å². The van der Waals surface area contributed by atoms with Crippen LogP contribution in [0.3, 0.4) is 0 Å². The van der Waals surface area contributed by atoms with Crippen LogP contribution < -0.4 is 5.32 Å². The highest BCUT2D eigenvalue weighted by Crippen LogP contribution is 2.21. The average Bonchev–Trinajstić information content (AvgIpc) is 2.50. The Balaban J connectivity index is 2.25. The van der Waals surface area contributed by atoms with Gasteiger partial charge in [-0.2, -0.15) is 0 Å². The third-order valence-corrected chi connectivity index (χ3v) is 2.72. The molecule has 0 saturated heterocycles. The number of aromatic nitrogens is 2. The number of nitrogens with zero attached hydrogens (tertiary/aromatic N) is 2. The predicted octanol–water partition coefficient (Wildman–Crippen LogP) is 2.12. The topological polar surface area (TPSA) is 75.1 Å². The number of benzene rings is 1. The maximum atomic E-state index is 12.1. The molecule has 21 heavy (non-hydrogen) atoms. The number of nitrogens with one attached hydrogen (secondary N) is 1. The molecule has 2 aromatic rings. The molecular formula is C15H12ClN3O2. The van der Waals surface area contributed by atoms with Crippen molar-refractivity contribution in [1.82, 2.24) is 9.97 Å². The van der Waals surface area contributed by atoms with Crippen LogP contribution in [-0.4, -0.2) is 27.6 Å². The van der Waals surface area contributed by atoms with E-state index in [1.807, 2.05) is 0 Å². The third kappa shape index (κ3) is 4.28. The first-order chi connectivity index (χ1) is 10.2. The van der Waals surface area contributed by atoms with Crippen molar-refractivity contribution in [3.63, 3.8) is 0 Å². The van der Waals surface area contributed by atoms with Gasteiger partial charge in [0, 0.05) is 29.4 Å². The van der Waals surface area contributed by atoms with Crippen molar-refractivity contribution in [2.24, 2.45) is 0 Å². The monoisotopic (exact) mass is 301 g/mol. The van der Waals surface area contributed by atoms with E-state index in [1.165, 1.54) is 18.6 Å². The number of aliphatic hydroxyl groups excluding tert-OH is 1. The fourth-order valence-electron chi connectivity index (χ4n) is 1.55. The van der Waals surface area contributed by atoms with E-state index < -0.39 is 5.91 Å². The zero-order chi connectivity index (χ0) is 15.1. The van der Waals surface area contributed by atoms with Crippen molar-refractivity contribution in [2.75, 3.05) is 11.9 Å². The zero-order valence-electron chi connectivity index (χ0n) is 11.0. The zero-order valence-corrected chi connectivity index (χ0v) is 11.8. The molecule has 1 aromatic carbocycles. The number of aliphatic hydroxyl groups is 1. The van der Waals surface area contributed by atoms with E-state index in [9.17, 15) is 4.79 Å². The number of carbonyl (C=O) groups excluding carboxylic acids is 1. The Labute approximate surface area is 127 Å². The van der Waals surface area contributed by atoms with Gasteiger partial charge in [0.1, 0.15) is 5.69 Å². The number of rotatable bonds is 3. The molecule has 0 aliphatic heterocycles. The molecule has 1 amide bonds. The van der Waals surface area contributed by atoms with Gasteiger partial charge in [-0.15, -0.1) is 0 Å². The minimum absolute atomic E-state index is 0.0120. The second kappa shape index (κ2) is 7.39. The molecule has 0 aliphatic rings. The number of carbonyl (C=O) groups is 1. The summed E-state index contributed by atoms with van der Waals surface area (Å²) in [5.74, 6) is 5.29. The standard InChI is InChI=1S/C15H12ClN3O2/c16-12-5-4-11(3-1-2-8-20)13(9-12)19-15(21)14-10-17-6-7-18-14/h4-7,9-10,20H,2,8H2,(H,19,21). The van der Waals surface area contributed by atoms with Crippen LogP contribution in [0, 0.1) is 11.8 Å². The van der Waals surface area contributed by atoms with Gasteiger partial charge < -0.3 is 10.4 Å². The van der Waals surface area contributed by atoms with Crippen LogP contribution in [0.25, 0.3) is 0 Å². The number of hydrogen-bond acceptors (Lipinski definition) is 4. The van der Waals surface area contributed by atoms with Crippen molar-refractivity contribution in [3.05, 3.63) is 53.1 Å². The Morgan fingerprint density at radius 1 is 1.38 bits per heavy atom. The summed E-state index contributed by atoms with van der Waals surface area (Å²) >= 11 is 5.94. The first-order valence-electron chi connectivity index (χ1n) is 6.17. The molecule has 5 nitrogen and oxygen atoms in total. The molecule has 0 unspecified atom stereocenters. The van der Waals surface area contributed by atoms with E-state index in [4.69, 9.17) is 16.7 Å². The number of amides is 1. The second-order valence-electron chi connectivity index (χ2n) is 4.01. The lowest BCUT2D eigenvalue weighted by atomic mass is 10.1. The van der Waals surface area contributed by atoms with Crippen molar-refractivity contribution >= 4 is 23.2 Å². The van der Waals surface area contributed by atoms with Crippen LogP contribution in [0.2, 0.25) is 5.02 Å². The summed E-state index contributed by atoms with van der Waals surface area (Å²) in [5.41, 5.74) is 1.31. The number of hydrogen-bond donors (Lipinski definition) is 2. The molecular weight excluding hydrogens is 290 g/mol. The smallest absolute Gasteiger partial charge is 0.275 e. The lowest BCUT2D eigenvalue weighted by Gasteiger charge is -2.07. The van der Waals surface area contributed by atoms with Crippen molar-refractivity contribution in [1.29, 1.82) is 0 Å². The third-order valence-electron chi connectivity index (χ3n) is 2.49. The molecule has 0 radical (unpaired) electrons. The highest BCUT2D eigenvalue weighted by molar-refractivity contribution is 6.31. The van der Waals surface area contributed by atoms with Crippen LogP contribution in [0.15, 0.2) is 36.8 Å².